The minimum Gasteiger partial charge on any atom is -0.281 e. The Morgan fingerprint density at radius 1 is 1.21 bits per heavy atom. The van der Waals surface area contributed by atoms with Gasteiger partial charge in [-0.2, -0.15) is 5.26 Å². The number of nitriles is 1. The van der Waals surface area contributed by atoms with Crippen molar-refractivity contribution >= 4 is 33.2 Å². The summed E-state index contributed by atoms with van der Waals surface area (Å²) in [5.74, 6) is 0.640. The van der Waals surface area contributed by atoms with Gasteiger partial charge >= 0.3 is 0 Å². The average molecular weight is 334 g/mol. The summed E-state index contributed by atoms with van der Waals surface area (Å²) in [7, 11) is 0. The third-order valence-electron chi connectivity index (χ3n) is 2.70. The lowest BCUT2D eigenvalue weighted by molar-refractivity contribution is 1.11. The molecule has 0 aliphatic heterocycles. The molecule has 2 aromatic heterocycles. The van der Waals surface area contributed by atoms with E-state index in [-0.39, 0.29) is 0 Å². The Hall–Kier alpha value is -1.90. The molecule has 3 aromatic rings. The van der Waals surface area contributed by atoms with Crippen molar-refractivity contribution in [1.29, 1.82) is 5.26 Å². The molecular formula is C13H6BrClN4. The Bertz CT molecular complexity index is 819. The Morgan fingerprint density at radius 3 is 2.84 bits per heavy atom. The maximum atomic E-state index is 8.96. The van der Waals surface area contributed by atoms with Crippen LogP contribution < -0.4 is 0 Å². The molecule has 4 nitrogen and oxygen atoms in total. The minimum absolute atomic E-state index is 0.548. The molecule has 2 heterocycles. The number of hydrogen-bond donors (Lipinski definition) is 0. The van der Waals surface area contributed by atoms with E-state index >= 15 is 0 Å². The zero-order valence-corrected chi connectivity index (χ0v) is 11.9. The highest BCUT2D eigenvalue weighted by Crippen LogP contribution is 2.30. The van der Waals surface area contributed by atoms with Crippen LogP contribution in [0.15, 0.2) is 41.0 Å². The molecule has 19 heavy (non-hydrogen) atoms. The van der Waals surface area contributed by atoms with E-state index in [1.807, 2.05) is 6.07 Å². The minimum atomic E-state index is 0.548. The fourth-order valence-electron chi connectivity index (χ4n) is 1.81. The maximum absolute atomic E-state index is 8.96. The van der Waals surface area contributed by atoms with Crippen LogP contribution in [0, 0.1) is 11.3 Å². The lowest BCUT2D eigenvalue weighted by Crippen LogP contribution is -1.91. The normalized spacial score (nSPS) is 10.6. The van der Waals surface area contributed by atoms with Gasteiger partial charge in [-0.05, 0) is 30.3 Å². The van der Waals surface area contributed by atoms with Crippen LogP contribution >= 0.6 is 27.5 Å². The molecule has 0 radical (unpaired) electrons. The quantitative estimate of drug-likeness (QED) is 0.682. The highest BCUT2D eigenvalue weighted by Gasteiger charge is 2.12. The monoisotopic (exact) mass is 332 g/mol. The van der Waals surface area contributed by atoms with Crippen molar-refractivity contribution in [1.82, 2.24) is 14.6 Å². The van der Waals surface area contributed by atoms with Crippen molar-refractivity contribution in [3.8, 4) is 17.5 Å². The number of pyridine rings is 1. The predicted molar refractivity (Wildman–Crippen MR) is 75.8 cm³/mol. The van der Waals surface area contributed by atoms with Gasteiger partial charge in [-0.3, -0.25) is 4.40 Å². The van der Waals surface area contributed by atoms with Gasteiger partial charge in [0.15, 0.2) is 11.5 Å². The van der Waals surface area contributed by atoms with E-state index < -0.39 is 0 Å². The fraction of sp³-hybridized carbons (Fsp3) is 0. The van der Waals surface area contributed by atoms with Gasteiger partial charge in [0.2, 0.25) is 0 Å². The molecule has 0 spiro atoms. The standard InChI is InChI=1S/C13H6BrClN4/c14-11-3-2-9(15)5-10(11)13-18-17-12-4-1-8(6-16)7-19(12)13/h1-5,7H. The third kappa shape index (κ3) is 2.09. The van der Waals surface area contributed by atoms with E-state index in [0.717, 1.165) is 10.0 Å². The zero-order chi connectivity index (χ0) is 13.4. The average Bonchev–Trinajstić information content (AvgIpc) is 2.84. The summed E-state index contributed by atoms with van der Waals surface area (Å²) in [4.78, 5) is 0. The molecule has 1 aromatic carbocycles. The molecule has 0 N–H and O–H groups in total. The number of rotatable bonds is 1. The van der Waals surface area contributed by atoms with Crippen molar-refractivity contribution in [3.05, 3.63) is 51.6 Å². The van der Waals surface area contributed by atoms with Gasteiger partial charge in [-0.1, -0.05) is 27.5 Å². The molecule has 0 bridgehead atoms. The van der Waals surface area contributed by atoms with E-state index in [1.54, 1.807) is 34.9 Å². The summed E-state index contributed by atoms with van der Waals surface area (Å²) >= 11 is 9.48. The lowest BCUT2D eigenvalue weighted by atomic mass is 10.2. The first kappa shape index (κ1) is 12.2. The Balaban J connectivity index is 2.31. The molecule has 0 amide bonds. The largest absolute Gasteiger partial charge is 0.281 e. The van der Waals surface area contributed by atoms with Crippen molar-refractivity contribution in [2.24, 2.45) is 0 Å². The van der Waals surface area contributed by atoms with Gasteiger partial charge in [-0.25, -0.2) is 0 Å². The second-order valence-corrected chi connectivity index (χ2v) is 5.20. The van der Waals surface area contributed by atoms with E-state index in [2.05, 4.69) is 32.2 Å². The number of fused-ring (bicyclic) bond motifs is 1. The SMILES string of the molecule is N#Cc1ccc2nnc(-c3cc(Cl)ccc3Br)n2c1. The topological polar surface area (TPSA) is 54.0 Å². The maximum Gasteiger partial charge on any atom is 0.169 e. The molecule has 0 aliphatic rings. The van der Waals surface area contributed by atoms with Crippen LogP contribution in [0.2, 0.25) is 5.02 Å². The third-order valence-corrected chi connectivity index (χ3v) is 3.63. The first-order chi connectivity index (χ1) is 9.19. The van der Waals surface area contributed by atoms with Crippen LogP contribution in [-0.4, -0.2) is 14.6 Å². The van der Waals surface area contributed by atoms with Gasteiger partial charge in [0.05, 0.1) is 5.56 Å². The summed E-state index contributed by atoms with van der Waals surface area (Å²) in [6.45, 7) is 0. The summed E-state index contributed by atoms with van der Waals surface area (Å²) in [5, 5.41) is 17.8. The van der Waals surface area contributed by atoms with Gasteiger partial charge in [-0.15, -0.1) is 10.2 Å². The number of aromatic nitrogens is 3. The molecule has 0 atom stereocenters. The van der Waals surface area contributed by atoms with Crippen LogP contribution in [0.25, 0.3) is 17.0 Å². The number of nitrogens with zero attached hydrogens (tertiary/aromatic N) is 4. The van der Waals surface area contributed by atoms with Crippen molar-refractivity contribution in [2.75, 3.05) is 0 Å². The number of hydrogen-bond acceptors (Lipinski definition) is 3. The van der Waals surface area contributed by atoms with Gasteiger partial charge in [0, 0.05) is 21.3 Å². The molecule has 6 heteroatoms. The second-order valence-electron chi connectivity index (χ2n) is 3.91. The molecule has 0 fully saturated rings. The van der Waals surface area contributed by atoms with Crippen molar-refractivity contribution < 1.29 is 0 Å². The molecule has 0 aliphatic carbocycles. The van der Waals surface area contributed by atoms with E-state index in [0.29, 0.717) is 22.1 Å². The van der Waals surface area contributed by atoms with Gasteiger partial charge in [0.1, 0.15) is 6.07 Å². The first-order valence-electron chi connectivity index (χ1n) is 5.39. The molecule has 0 unspecified atom stereocenters. The Kier molecular flexibility index (Phi) is 2.97. The van der Waals surface area contributed by atoms with Crippen LogP contribution in [0.5, 0.6) is 0 Å². The molecule has 0 saturated carbocycles. The fourth-order valence-corrected chi connectivity index (χ4v) is 2.41. The Morgan fingerprint density at radius 2 is 2.05 bits per heavy atom. The van der Waals surface area contributed by atoms with Crippen LogP contribution in [0.4, 0.5) is 0 Å². The first-order valence-corrected chi connectivity index (χ1v) is 6.56. The smallest absolute Gasteiger partial charge is 0.169 e. The summed E-state index contributed by atoms with van der Waals surface area (Å²) in [5.41, 5.74) is 2.06. The van der Waals surface area contributed by atoms with Gasteiger partial charge < -0.3 is 0 Å². The highest BCUT2D eigenvalue weighted by atomic mass is 79.9. The molecule has 92 valence electrons. The Labute approximate surface area is 122 Å². The summed E-state index contributed by atoms with van der Waals surface area (Å²) < 4.78 is 2.64. The summed E-state index contributed by atoms with van der Waals surface area (Å²) in [6.07, 6.45) is 1.71. The molecule has 0 saturated heterocycles. The van der Waals surface area contributed by atoms with E-state index in [4.69, 9.17) is 16.9 Å². The van der Waals surface area contributed by atoms with Crippen molar-refractivity contribution in [3.63, 3.8) is 0 Å². The van der Waals surface area contributed by atoms with Gasteiger partial charge in [0.25, 0.3) is 0 Å². The number of halogens is 2. The highest BCUT2D eigenvalue weighted by molar-refractivity contribution is 9.10. The predicted octanol–water partition coefficient (Wildman–Crippen LogP) is 3.68. The lowest BCUT2D eigenvalue weighted by Gasteiger charge is -2.03. The van der Waals surface area contributed by atoms with Crippen LogP contribution in [0.3, 0.4) is 0 Å². The van der Waals surface area contributed by atoms with Crippen LogP contribution in [-0.2, 0) is 0 Å². The van der Waals surface area contributed by atoms with E-state index in [1.165, 1.54) is 0 Å². The van der Waals surface area contributed by atoms with E-state index in [9.17, 15) is 0 Å². The molecule has 3 rings (SSSR count). The molecular weight excluding hydrogens is 328 g/mol. The zero-order valence-electron chi connectivity index (χ0n) is 9.51. The second kappa shape index (κ2) is 4.65. The van der Waals surface area contributed by atoms with Crippen LogP contribution in [0.1, 0.15) is 5.56 Å². The number of benzene rings is 1. The summed E-state index contributed by atoms with van der Waals surface area (Å²) in [6, 6.07) is 11.0. The van der Waals surface area contributed by atoms with Crippen molar-refractivity contribution in [2.45, 2.75) is 0 Å².